The van der Waals surface area contributed by atoms with E-state index in [1.54, 1.807) is 12.1 Å². The lowest BCUT2D eigenvalue weighted by Crippen LogP contribution is -2.45. The maximum Gasteiger partial charge on any atom is 0.206 e. The van der Waals surface area contributed by atoms with Gasteiger partial charge in [0, 0.05) is 13.1 Å². The molecular formula is C13H16FN3O2. The third-order valence-electron chi connectivity index (χ3n) is 3.35. The monoisotopic (exact) mass is 265 g/mol. The number of hydrogen-bond acceptors (Lipinski definition) is 5. The van der Waals surface area contributed by atoms with E-state index in [-0.39, 0.29) is 23.6 Å². The van der Waals surface area contributed by atoms with Crippen molar-refractivity contribution in [3.05, 3.63) is 17.9 Å². The number of hydrogen-bond donors (Lipinski definition) is 1. The molecule has 0 bridgehead atoms. The van der Waals surface area contributed by atoms with Gasteiger partial charge in [-0.2, -0.15) is 0 Å². The number of anilines is 2. The van der Waals surface area contributed by atoms with E-state index in [4.69, 9.17) is 15.0 Å². The number of rotatable bonds is 1. The summed E-state index contributed by atoms with van der Waals surface area (Å²) in [6.07, 6.45) is 0.136. The van der Waals surface area contributed by atoms with Crippen LogP contribution in [0, 0.1) is 5.82 Å². The Kier molecular flexibility index (Phi) is 2.82. The van der Waals surface area contributed by atoms with Crippen LogP contribution in [0.1, 0.15) is 13.8 Å². The zero-order chi connectivity index (χ0) is 13.6. The van der Waals surface area contributed by atoms with Gasteiger partial charge in [-0.1, -0.05) is 5.16 Å². The maximum atomic E-state index is 14.4. The predicted octanol–water partition coefficient (Wildman–Crippen LogP) is 2.16. The van der Waals surface area contributed by atoms with Crippen LogP contribution in [-0.4, -0.2) is 30.5 Å². The van der Waals surface area contributed by atoms with Crippen molar-refractivity contribution in [2.75, 3.05) is 23.7 Å². The largest absolute Gasteiger partial charge is 0.380 e. The molecule has 0 unspecified atom stereocenters. The van der Waals surface area contributed by atoms with Gasteiger partial charge in [0.15, 0.2) is 11.6 Å². The molecular weight excluding hydrogens is 249 g/mol. The SMILES string of the molecule is C[C@@H]1CN(c2ccc3c(N)noc3c2F)C[C@H](C)O1. The molecule has 1 saturated heterocycles. The summed E-state index contributed by atoms with van der Waals surface area (Å²) < 4.78 is 25.1. The molecule has 2 aromatic rings. The summed E-state index contributed by atoms with van der Waals surface area (Å²) in [6, 6.07) is 3.46. The Morgan fingerprint density at radius 2 is 2.00 bits per heavy atom. The Labute approximate surface area is 110 Å². The molecule has 2 N–H and O–H groups in total. The van der Waals surface area contributed by atoms with Crippen LogP contribution in [-0.2, 0) is 4.74 Å². The number of benzene rings is 1. The van der Waals surface area contributed by atoms with E-state index in [1.165, 1.54) is 0 Å². The highest BCUT2D eigenvalue weighted by molar-refractivity contribution is 5.89. The summed E-state index contributed by atoms with van der Waals surface area (Å²) in [7, 11) is 0. The van der Waals surface area contributed by atoms with Crippen molar-refractivity contribution in [3.8, 4) is 0 Å². The first-order valence-corrected chi connectivity index (χ1v) is 6.30. The van der Waals surface area contributed by atoms with E-state index >= 15 is 0 Å². The Hall–Kier alpha value is -1.82. The molecule has 0 spiro atoms. The van der Waals surface area contributed by atoms with E-state index < -0.39 is 5.82 Å². The third kappa shape index (κ3) is 2.02. The van der Waals surface area contributed by atoms with Gasteiger partial charge in [-0.25, -0.2) is 4.39 Å². The van der Waals surface area contributed by atoms with Crippen LogP contribution in [0.5, 0.6) is 0 Å². The van der Waals surface area contributed by atoms with Crippen LogP contribution in [0.15, 0.2) is 16.7 Å². The zero-order valence-corrected chi connectivity index (χ0v) is 10.9. The second-order valence-corrected chi connectivity index (χ2v) is 5.01. The van der Waals surface area contributed by atoms with E-state index in [1.807, 2.05) is 18.7 Å². The van der Waals surface area contributed by atoms with Gasteiger partial charge >= 0.3 is 0 Å². The van der Waals surface area contributed by atoms with E-state index in [9.17, 15) is 4.39 Å². The summed E-state index contributed by atoms with van der Waals surface area (Å²) in [5.74, 6) is -0.202. The minimum atomic E-state index is -0.414. The fourth-order valence-corrected chi connectivity index (χ4v) is 2.60. The molecule has 5 nitrogen and oxygen atoms in total. The molecule has 0 aliphatic carbocycles. The van der Waals surface area contributed by atoms with Crippen LogP contribution >= 0.6 is 0 Å². The molecule has 3 rings (SSSR count). The Bertz CT molecular complexity index is 603. The first kappa shape index (κ1) is 12.2. The molecule has 0 amide bonds. The van der Waals surface area contributed by atoms with Gasteiger partial charge in [0.1, 0.15) is 0 Å². The van der Waals surface area contributed by atoms with Gasteiger partial charge in [-0.05, 0) is 26.0 Å². The first-order chi connectivity index (χ1) is 9.06. The normalized spacial score (nSPS) is 24.1. The second kappa shape index (κ2) is 4.38. The van der Waals surface area contributed by atoms with Crippen LogP contribution in [0.25, 0.3) is 11.0 Å². The van der Waals surface area contributed by atoms with Gasteiger partial charge < -0.3 is 19.9 Å². The summed E-state index contributed by atoms with van der Waals surface area (Å²) in [5.41, 5.74) is 6.23. The number of halogens is 1. The van der Waals surface area contributed by atoms with Gasteiger partial charge in [-0.3, -0.25) is 0 Å². The molecule has 102 valence electrons. The average molecular weight is 265 g/mol. The van der Waals surface area contributed by atoms with Gasteiger partial charge in [0.2, 0.25) is 5.58 Å². The quantitative estimate of drug-likeness (QED) is 0.856. The number of morpholine rings is 1. The smallest absolute Gasteiger partial charge is 0.206 e. The fraction of sp³-hybridized carbons (Fsp3) is 0.462. The Morgan fingerprint density at radius 3 is 2.68 bits per heavy atom. The standard InChI is InChI=1S/C13H16FN3O2/c1-7-5-17(6-8(2)18-7)10-4-3-9-12(11(10)14)19-16-13(9)15/h3-4,7-8H,5-6H2,1-2H3,(H2,15,16)/t7-,8+. The van der Waals surface area contributed by atoms with Gasteiger partial charge in [-0.15, -0.1) is 0 Å². The van der Waals surface area contributed by atoms with Crippen molar-refractivity contribution in [1.29, 1.82) is 0 Å². The molecule has 0 saturated carbocycles. The highest BCUT2D eigenvalue weighted by Crippen LogP contribution is 2.31. The molecule has 2 heterocycles. The molecule has 1 aromatic heterocycles. The van der Waals surface area contributed by atoms with Crippen LogP contribution < -0.4 is 10.6 Å². The number of nitrogen functional groups attached to an aromatic ring is 1. The Balaban J connectivity index is 2.03. The molecule has 1 aliphatic heterocycles. The highest BCUT2D eigenvalue weighted by Gasteiger charge is 2.26. The minimum absolute atomic E-state index is 0.0682. The van der Waals surface area contributed by atoms with Crippen molar-refractivity contribution in [1.82, 2.24) is 5.16 Å². The predicted molar refractivity (Wildman–Crippen MR) is 70.6 cm³/mol. The highest BCUT2D eigenvalue weighted by atomic mass is 19.1. The molecule has 1 fully saturated rings. The van der Waals surface area contributed by atoms with E-state index in [2.05, 4.69) is 5.16 Å². The number of fused-ring (bicyclic) bond motifs is 1. The molecule has 6 heteroatoms. The minimum Gasteiger partial charge on any atom is -0.380 e. The number of nitrogens with zero attached hydrogens (tertiary/aromatic N) is 2. The first-order valence-electron chi connectivity index (χ1n) is 6.30. The lowest BCUT2D eigenvalue weighted by atomic mass is 10.1. The van der Waals surface area contributed by atoms with Crippen molar-refractivity contribution in [2.45, 2.75) is 26.1 Å². The molecule has 1 aliphatic rings. The number of aromatic nitrogens is 1. The van der Waals surface area contributed by atoms with E-state index in [0.29, 0.717) is 24.2 Å². The van der Waals surface area contributed by atoms with Crippen molar-refractivity contribution in [3.63, 3.8) is 0 Å². The average Bonchev–Trinajstić information content (AvgIpc) is 2.71. The second-order valence-electron chi connectivity index (χ2n) is 5.01. The molecule has 0 radical (unpaired) electrons. The Morgan fingerprint density at radius 1 is 1.32 bits per heavy atom. The lowest BCUT2D eigenvalue weighted by Gasteiger charge is -2.36. The topological polar surface area (TPSA) is 64.5 Å². The number of ether oxygens (including phenoxy) is 1. The fourth-order valence-electron chi connectivity index (χ4n) is 2.60. The van der Waals surface area contributed by atoms with E-state index in [0.717, 1.165) is 0 Å². The zero-order valence-electron chi connectivity index (χ0n) is 10.9. The maximum absolute atomic E-state index is 14.4. The third-order valence-corrected chi connectivity index (χ3v) is 3.35. The van der Waals surface area contributed by atoms with Crippen molar-refractivity contribution in [2.24, 2.45) is 0 Å². The van der Waals surface area contributed by atoms with Crippen molar-refractivity contribution < 1.29 is 13.7 Å². The summed E-state index contributed by atoms with van der Waals surface area (Å²) in [5, 5.41) is 4.10. The van der Waals surface area contributed by atoms with Crippen LogP contribution in [0.2, 0.25) is 0 Å². The van der Waals surface area contributed by atoms with Gasteiger partial charge in [0.25, 0.3) is 0 Å². The summed E-state index contributed by atoms with van der Waals surface area (Å²) in [6.45, 7) is 5.25. The van der Waals surface area contributed by atoms with Crippen molar-refractivity contribution >= 4 is 22.5 Å². The molecule has 2 atom stereocenters. The van der Waals surface area contributed by atoms with Crippen LogP contribution in [0.3, 0.4) is 0 Å². The summed E-state index contributed by atoms with van der Waals surface area (Å²) >= 11 is 0. The van der Waals surface area contributed by atoms with Crippen LogP contribution in [0.4, 0.5) is 15.9 Å². The lowest BCUT2D eigenvalue weighted by molar-refractivity contribution is -0.00538. The molecule has 19 heavy (non-hydrogen) atoms. The summed E-state index contributed by atoms with van der Waals surface area (Å²) in [4.78, 5) is 1.96. The number of nitrogens with two attached hydrogens (primary N) is 1. The van der Waals surface area contributed by atoms with Gasteiger partial charge in [0.05, 0.1) is 23.3 Å². The molecule has 1 aromatic carbocycles.